The summed E-state index contributed by atoms with van der Waals surface area (Å²) in [7, 11) is 0. The number of benzene rings is 1. The maximum atomic E-state index is 12.6. The normalized spacial score (nSPS) is 21.9. The largest absolute Gasteiger partial charge is 0.355 e. The van der Waals surface area contributed by atoms with Gasteiger partial charge in [0.25, 0.3) is 0 Å². The number of hydrogen-bond acceptors (Lipinski definition) is 3. The molecule has 27 heavy (non-hydrogen) atoms. The van der Waals surface area contributed by atoms with Gasteiger partial charge in [-0.15, -0.1) is 0 Å². The number of carbonyl (C=O) groups is 1. The first kappa shape index (κ1) is 21.3. The average Bonchev–Trinajstić information content (AvgIpc) is 2.69. The highest BCUT2D eigenvalue weighted by atomic mass is 35.5. The molecule has 2 fully saturated rings. The molecule has 3 nitrogen and oxygen atoms in total. The third-order valence-corrected chi connectivity index (χ3v) is 7.70. The maximum Gasteiger partial charge on any atom is 0.224 e. The Bertz CT molecular complexity index is 622. The summed E-state index contributed by atoms with van der Waals surface area (Å²) in [5, 5.41) is 5.16. The Morgan fingerprint density at radius 2 is 1.93 bits per heavy atom. The van der Waals surface area contributed by atoms with Gasteiger partial charge in [0.1, 0.15) is 0 Å². The van der Waals surface area contributed by atoms with Crippen LogP contribution < -0.4 is 5.32 Å². The van der Waals surface area contributed by atoms with Gasteiger partial charge < -0.3 is 5.32 Å². The van der Waals surface area contributed by atoms with Gasteiger partial charge in [-0.25, -0.2) is 0 Å². The molecular weight excluding hydrogens is 399 g/mol. The second kappa shape index (κ2) is 10.9. The fourth-order valence-electron chi connectivity index (χ4n) is 4.09. The quantitative estimate of drug-likeness (QED) is 0.590. The van der Waals surface area contributed by atoms with Crippen LogP contribution in [0.15, 0.2) is 18.2 Å². The van der Waals surface area contributed by atoms with Gasteiger partial charge in [0.15, 0.2) is 0 Å². The predicted octanol–water partition coefficient (Wildman–Crippen LogP) is 5.39. The Balaban J connectivity index is 1.38. The van der Waals surface area contributed by atoms with E-state index in [9.17, 15) is 4.79 Å². The van der Waals surface area contributed by atoms with Crippen molar-refractivity contribution < 1.29 is 4.79 Å². The van der Waals surface area contributed by atoms with Gasteiger partial charge in [0.05, 0.1) is 16.0 Å². The number of likely N-dealkylation sites (tertiary alicyclic amines) is 1. The van der Waals surface area contributed by atoms with Gasteiger partial charge in [-0.05, 0) is 49.9 Å². The van der Waals surface area contributed by atoms with Crippen molar-refractivity contribution in [2.75, 3.05) is 25.4 Å². The summed E-state index contributed by atoms with van der Waals surface area (Å²) >= 11 is 14.2. The molecule has 150 valence electrons. The minimum Gasteiger partial charge on any atom is -0.355 e. The number of nitrogens with one attached hydrogen (secondary N) is 1. The van der Waals surface area contributed by atoms with Crippen molar-refractivity contribution in [2.45, 2.75) is 56.7 Å². The summed E-state index contributed by atoms with van der Waals surface area (Å²) in [5.41, 5.74) is 1.15. The van der Waals surface area contributed by atoms with Crippen LogP contribution in [0.1, 0.15) is 50.5 Å². The second-order valence-corrected chi connectivity index (χ2v) is 9.97. The van der Waals surface area contributed by atoms with Crippen molar-refractivity contribution in [1.29, 1.82) is 0 Å². The van der Waals surface area contributed by atoms with Gasteiger partial charge in [0.2, 0.25) is 5.91 Å². The minimum atomic E-state index is 0.0983. The van der Waals surface area contributed by atoms with E-state index in [1.54, 1.807) is 0 Å². The van der Waals surface area contributed by atoms with E-state index < -0.39 is 0 Å². The molecule has 3 rings (SSSR count). The summed E-state index contributed by atoms with van der Waals surface area (Å²) in [6.45, 7) is 3.46. The molecule has 1 aromatic carbocycles. The number of halogens is 2. The standard InChI is InChI=1S/C21H30Cl2N2OS/c22-19-9-8-16(13-20(19)23)14-25-11-4-5-17(15-25)21(26)24-10-12-27-18-6-2-1-3-7-18/h8-9,13,17-18H,1-7,10-12,14-15H2,(H,24,26). The second-order valence-electron chi connectivity index (χ2n) is 7.74. The number of amides is 1. The predicted molar refractivity (Wildman–Crippen MR) is 117 cm³/mol. The Morgan fingerprint density at radius 1 is 1.11 bits per heavy atom. The molecule has 1 atom stereocenters. The Kier molecular flexibility index (Phi) is 8.63. The molecule has 1 heterocycles. The van der Waals surface area contributed by atoms with Crippen molar-refractivity contribution in [3.05, 3.63) is 33.8 Å². The molecule has 0 bridgehead atoms. The van der Waals surface area contributed by atoms with Gasteiger partial charge >= 0.3 is 0 Å². The molecule has 1 saturated carbocycles. The van der Waals surface area contributed by atoms with Crippen LogP contribution in [0.25, 0.3) is 0 Å². The summed E-state index contributed by atoms with van der Waals surface area (Å²) in [6.07, 6.45) is 8.90. The van der Waals surface area contributed by atoms with Crippen LogP contribution in [-0.2, 0) is 11.3 Å². The zero-order valence-corrected chi connectivity index (χ0v) is 18.2. The molecule has 0 radical (unpaired) electrons. The summed E-state index contributed by atoms with van der Waals surface area (Å²) < 4.78 is 0. The lowest BCUT2D eigenvalue weighted by Crippen LogP contribution is -2.43. The molecule has 2 aliphatic rings. The number of piperidine rings is 1. The van der Waals surface area contributed by atoms with E-state index in [0.29, 0.717) is 10.0 Å². The molecule has 1 aliphatic heterocycles. The molecule has 1 saturated heterocycles. The van der Waals surface area contributed by atoms with Crippen LogP contribution in [0.4, 0.5) is 0 Å². The minimum absolute atomic E-state index is 0.0983. The summed E-state index contributed by atoms with van der Waals surface area (Å²) in [5.74, 6) is 1.36. The fourth-order valence-corrected chi connectivity index (χ4v) is 5.63. The molecule has 0 aromatic heterocycles. The molecule has 1 aromatic rings. The molecular formula is C21H30Cl2N2OS. The molecule has 1 unspecified atom stereocenters. The first-order valence-electron chi connectivity index (χ1n) is 10.2. The van der Waals surface area contributed by atoms with Crippen molar-refractivity contribution in [1.82, 2.24) is 10.2 Å². The molecule has 1 amide bonds. The van der Waals surface area contributed by atoms with Crippen molar-refractivity contribution in [3.63, 3.8) is 0 Å². The lowest BCUT2D eigenvalue weighted by atomic mass is 9.96. The first-order chi connectivity index (χ1) is 13.1. The lowest BCUT2D eigenvalue weighted by molar-refractivity contribution is -0.126. The van der Waals surface area contributed by atoms with Crippen LogP contribution in [-0.4, -0.2) is 41.4 Å². The van der Waals surface area contributed by atoms with E-state index in [2.05, 4.69) is 10.2 Å². The van der Waals surface area contributed by atoms with E-state index in [1.165, 1.54) is 32.1 Å². The van der Waals surface area contributed by atoms with Crippen LogP contribution in [0.3, 0.4) is 0 Å². The van der Waals surface area contributed by atoms with E-state index in [4.69, 9.17) is 23.2 Å². The Hall–Kier alpha value is -0.420. The number of rotatable bonds is 7. The van der Waals surface area contributed by atoms with E-state index in [1.807, 2.05) is 30.0 Å². The Morgan fingerprint density at radius 3 is 2.70 bits per heavy atom. The van der Waals surface area contributed by atoms with Crippen LogP contribution in [0, 0.1) is 5.92 Å². The van der Waals surface area contributed by atoms with E-state index in [-0.39, 0.29) is 11.8 Å². The smallest absolute Gasteiger partial charge is 0.224 e. The summed E-state index contributed by atoms with van der Waals surface area (Å²) in [6, 6.07) is 5.79. The van der Waals surface area contributed by atoms with Gasteiger partial charge in [0, 0.05) is 30.6 Å². The van der Waals surface area contributed by atoms with Gasteiger partial charge in [-0.2, -0.15) is 11.8 Å². The number of carbonyl (C=O) groups excluding carboxylic acids is 1. The van der Waals surface area contributed by atoms with Crippen molar-refractivity contribution in [2.24, 2.45) is 5.92 Å². The van der Waals surface area contributed by atoms with Crippen LogP contribution >= 0.6 is 35.0 Å². The first-order valence-corrected chi connectivity index (χ1v) is 12.0. The van der Waals surface area contributed by atoms with E-state index >= 15 is 0 Å². The number of nitrogens with zero attached hydrogens (tertiary/aromatic N) is 1. The third kappa shape index (κ3) is 6.85. The molecule has 6 heteroatoms. The third-order valence-electron chi connectivity index (χ3n) is 5.57. The molecule has 0 spiro atoms. The highest BCUT2D eigenvalue weighted by Gasteiger charge is 2.25. The van der Waals surface area contributed by atoms with Crippen molar-refractivity contribution >= 4 is 40.9 Å². The zero-order valence-electron chi connectivity index (χ0n) is 15.9. The van der Waals surface area contributed by atoms with E-state index in [0.717, 1.165) is 55.6 Å². The topological polar surface area (TPSA) is 32.3 Å². The van der Waals surface area contributed by atoms with Gasteiger partial charge in [-0.3, -0.25) is 9.69 Å². The van der Waals surface area contributed by atoms with Gasteiger partial charge in [-0.1, -0.05) is 48.5 Å². The highest BCUT2D eigenvalue weighted by molar-refractivity contribution is 7.99. The number of hydrogen-bond donors (Lipinski definition) is 1. The average molecular weight is 429 g/mol. The lowest BCUT2D eigenvalue weighted by Gasteiger charge is -2.32. The fraction of sp³-hybridized carbons (Fsp3) is 0.667. The molecule has 1 aliphatic carbocycles. The van der Waals surface area contributed by atoms with Crippen LogP contribution in [0.2, 0.25) is 10.0 Å². The van der Waals surface area contributed by atoms with Crippen molar-refractivity contribution in [3.8, 4) is 0 Å². The molecule has 1 N–H and O–H groups in total. The highest BCUT2D eigenvalue weighted by Crippen LogP contribution is 2.28. The number of thioether (sulfide) groups is 1. The van der Waals surface area contributed by atoms with Crippen LogP contribution in [0.5, 0.6) is 0 Å². The summed E-state index contributed by atoms with van der Waals surface area (Å²) in [4.78, 5) is 14.9. The Labute approximate surface area is 177 Å². The monoisotopic (exact) mass is 428 g/mol. The maximum absolute atomic E-state index is 12.6. The SMILES string of the molecule is O=C(NCCSC1CCCCC1)C1CCCN(Cc2ccc(Cl)c(Cl)c2)C1. The zero-order chi connectivity index (χ0) is 19.1.